The van der Waals surface area contributed by atoms with Crippen molar-refractivity contribution in [2.75, 3.05) is 12.4 Å². The molecule has 0 spiro atoms. The van der Waals surface area contributed by atoms with Crippen molar-refractivity contribution in [2.45, 2.75) is 6.92 Å². The molecule has 0 saturated heterocycles. The molecule has 0 radical (unpaired) electrons. The van der Waals surface area contributed by atoms with Crippen LogP contribution < -0.4 is 10.1 Å². The number of methoxy groups -OCH3 is 1. The number of amides is 1. The molecule has 22 heavy (non-hydrogen) atoms. The maximum Gasteiger partial charge on any atom is 0.259 e. The van der Waals surface area contributed by atoms with Gasteiger partial charge in [-0.1, -0.05) is 11.6 Å². The van der Waals surface area contributed by atoms with Crippen molar-refractivity contribution in [1.29, 1.82) is 0 Å². The number of nitrogens with zero attached hydrogens (tertiary/aromatic N) is 2. The number of anilines is 1. The highest BCUT2D eigenvalue weighted by atomic mass is 35.5. The van der Waals surface area contributed by atoms with Crippen LogP contribution in [0.3, 0.4) is 0 Å². The number of benzene rings is 1. The molecule has 0 atom stereocenters. The SMILES string of the molecule is COc1cc(Cl)c(C)cc1NC(=O)c1cccn2ccnc12. The standard InChI is InChI=1S/C16H14ClN3O2/c1-10-8-13(14(22-2)9-12(10)17)19-16(21)11-4-3-6-20-7-5-18-15(11)20/h3-9H,1-2H3,(H,19,21). The van der Waals surface area contributed by atoms with Crippen molar-refractivity contribution < 1.29 is 9.53 Å². The van der Waals surface area contributed by atoms with Gasteiger partial charge in [-0.05, 0) is 30.7 Å². The molecule has 0 aliphatic rings. The van der Waals surface area contributed by atoms with Crippen LogP contribution in [0.4, 0.5) is 5.69 Å². The van der Waals surface area contributed by atoms with E-state index in [1.165, 1.54) is 7.11 Å². The summed E-state index contributed by atoms with van der Waals surface area (Å²) in [6, 6.07) is 6.99. The van der Waals surface area contributed by atoms with Gasteiger partial charge in [-0.15, -0.1) is 0 Å². The Balaban J connectivity index is 1.98. The molecule has 0 fully saturated rings. The maximum absolute atomic E-state index is 12.5. The zero-order valence-electron chi connectivity index (χ0n) is 12.1. The Bertz CT molecular complexity index is 858. The molecule has 1 amide bonds. The topological polar surface area (TPSA) is 55.6 Å². The normalized spacial score (nSPS) is 10.7. The lowest BCUT2D eigenvalue weighted by molar-refractivity contribution is 0.102. The van der Waals surface area contributed by atoms with Gasteiger partial charge in [0.05, 0.1) is 18.4 Å². The number of hydrogen-bond acceptors (Lipinski definition) is 3. The largest absolute Gasteiger partial charge is 0.495 e. The second kappa shape index (κ2) is 5.69. The molecular weight excluding hydrogens is 302 g/mol. The van der Waals surface area contributed by atoms with E-state index < -0.39 is 0 Å². The van der Waals surface area contributed by atoms with Crippen LogP contribution in [-0.2, 0) is 0 Å². The number of nitrogens with one attached hydrogen (secondary N) is 1. The number of hydrogen-bond donors (Lipinski definition) is 1. The number of rotatable bonds is 3. The van der Waals surface area contributed by atoms with Gasteiger partial charge in [-0.2, -0.15) is 0 Å². The van der Waals surface area contributed by atoms with Crippen LogP contribution in [0.1, 0.15) is 15.9 Å². The van der Waals surface area contributed by atoms with Gasteiger partial charge in [-0.25, -0.2) is 4.98 Å². The van der Waals surface area contributed by atoms with E-state index in [9.17, 15) is 4.79 Å². The highest BCUT2D eigenvalue weighted by Crippen LogP contribution is 2.31. The van der Waals surface area contributed by atoms with E-state index in [4.69, 9.17) is 16.3 Å². The van der Waals surface area contributed by atoms with E-state index in [-0.39, 0.29) is 5.91 Å². The minimum absolute atomic E-state index is 0.253. The third kappa shape index (κ3) is 2.51. The fraction of sp³-hybridized carbons (Fsp3) is 0.125. The first-order chi connectivity index (χ1) is 10.6. The van der Waals surface area contributed by atoms with Crippen LogP contribution in [0.5, 0.6) is 5.75 Å². The summed E-state index contributed by atoms with van der Waals surface area (Å²) in [6.45, 7) is 1.87. The average Bonchev–Trinajstić information content (AvgIpc) is 2.98. The van der Waals surface area contributed by atoms with Gasteiger partial charge in [0.15, 0.2) is 0 Å². The minimum Gasteiger partial charge on any atom is -0.495 e. The smallest absolute Gasteiger partial charge is 0.259 e. The van der Waals surface area contributed by atoms with Crippen LogP contribution in [0.25, 0.3) is 5.65 Å². The van der Waals surface area contributed by atoms with Crippen molar-refractivity contribution in [3.8, 4) is 5.75 Å². The van der Waals surface area contributed by atoms with Gasteiger partial charge in [0.1, 0.15) is 11.4 Å². The maximum atomic E-state index is 12.5. The number of aromatic nitrogens is 2. The first-order valence-electron chi connectivity index (χ1n) is 6.67. The predicted octanol–water partition coefficient (Wildman–Crippen LogP) is 3.56. The number of aryl methyl sites for hydroxylation is 1. The Morgan fingerprint density at radius 3 is 2.95 bits per heavy atom. The van der Waals surface area contributed by atoms with E-state index >= 15 is 0 Å². The Morgan fingerprint density at radius 2 is 2.18 bits per heavy atom. The Morgan fingerprint density at radius 1 is 1.36 bits per heavy atom. The highest BCUT2D eigenvalue weighted by Gasteiger charge is 2.15. The summed E-state index contributed by atoms with van der Waals surface area (Å²) < 4.78 is 7.06. The second-order valence-electron chi connectivity index (χ2n) is 4.84. The molecule has 0 aliphatic heterocycles. The van der Waals surface area contributed by atoms with E-state index in [0.717, 1.165) is 5.56 Å². The van der Waals surface area contributed by atoms with Crippen LogP contribution >= 0.6 is 11.6 Å². The summed E-state index contributed by atoms with van der Waals surface area (Å²) in [4.78, 5) is 16.7. The highest BCUT2D eigenvalue weighted by molar-refractivity contribution is 6.31. The summed E-state index contributed by atoms with van der Waals surface area (Å²) in [5.74, 6) is 0.260. The van der Waals surface area contributed by atoms with Crippen molar-refractivity contribution in [3.63, 3.8) is 0 Å². The summed E-state index contributed by atoms with van der Waals surface area (Å²) in [5.41, 5.74) is 2.52. The Hall–Kier alpha value is -2.53. The van der Waals surface area contributed by atoms with E-state index in [0.29, 0.717) is 27.7 Å². The van der Waals surface area contributed by atoms with E-state index in [1.807, 2.05) is 13.1 Å². The lowest BCUT2D eigenvalue weighted by Gasteiger charge is -2.12. The summed E-state index contributed by atoms with van der Waals surface area (Å²) >= 11 is 6.08. The first-order valence-corrected chi connectivity index (χ1v) is 7.05. The van der Waals surface area contributed by atoms with E-state index in [1.54, 1.807) is 41.1 Å². The molecule has 0 unspecified atom stereocenters. The molecule has 0 bridgehead atoms. The molecule has 2 heterocycles. The molecular formula is C16H14ClN3O2. The molecule has 0 aliphatic carbocycles. The molecule has 2 aromatic heterocycles. The summed E-state index contributed by atoms with van der Waals surface area (Å²) in [6.07, 6.45) is 5.28. The molecule has 112 valence electrons. The quantitative estimate of drug-likeness (QED) is 0.804. The van der Waals surface area contributed by atoms with Crippen molar-refractivity contribution in [2.24, 2.45) is 0 Å². The number of fused-ring (bicyclic) bond motifs is 1. The van der Waals surface area contributed by atoms with Gasteiger partial charge in [0, 0.05) is 29.7 Å². The van der Waals surface area contributed by atoms with Gasteiger partial charge in [0.25, 0.3) is 5.91 Å². The third-order valence-electron chi connectivity index (χ3n) is 3.39. The fourth-order valence-corrected chi connectivity index (χ4v) is 2.40. The third-order valence-corrected chi connectivity index (χ3v) is 3.80. The van der Waals surface area contributed by atoms with E-state index in [2.05, 4.69) is 10.3 Å². The molecule has 3 rings (SSSR count). The first kappa shape index (κ1) is 14.4. The number of ether oxygens (including phenoxy) is 1. The van der Waals surface area contributed by atoms with Crippen LogP contribution in [0.15, 0.2) is 42.9 Å². The van der Waals surface area contributed by atoms with Gasteiger partial charge < -0.3 is 14.5 Å². The van der Waals surface area contributed by atoms with Crippen LogP contribution in [0.2, 0.25) is 5.02 Å². The van der Waals surface area contributed by atoms with Crippen LogP contribution in [-0.4, -0.2) is 22.4 Å². The second-order valence-corrected chi connectivity index (χ2v) is 5.24. The molecule has 0 saturated carbocycles. The zero-order valence-corrected chi connectivity index (χ0v) is 12.9. The molecule has 5 nitrogen and oxygen atoms in total. The van der Waals surface area contributed by atoms with Crippen molar-refractivity contribution >= 4 is 28.8 Å². The number of pyridine rings is 1. The Kier molecular flexibility index (Phi) is 3.73. The minimum atomic E-state index is -0.253. The van der Waals surface area contributed by atoms with Gasteiger partial charge in [0.2, 0.25) is 0 Å². The summed E-state index contributed by atoms with van der Waals surface area (Å²) in [5, 5.41) is 3.44. The van der Waals surface area contributed by atoms with Gasteiger partial charge in [-0.3, -0.25) is 4.79 Å². The number of halogens is 1. The molecule has 1 aromatic carbocycles. The monoisotopic (exact) mass is 315 g/mol. The number of carbonyl (C=O) groups excluding carboxylic acids is 1. The lowest BCUT2D eigenvalue weighted by atomic mass is 10.2. The Labute approximate surface area is 132 Å². The molecule has 6 heteroatoms. The molecule has 3 aromatic rings. The predicted molar refractivity (Wildman–Crippen MR) is 85.9 cm³/mol. The van der Waals surface area contributed by atoms with Crippen LogP contribution in [0, 0.1) is 6.92 Å². The lowest BCUT2D eigenvalue weighted by Crippen LogP contribution is -2.14. The zero-order chi connectivity index (χ0) is 15.7. The summed E-state index contributed by atoms with van der Waals surface area (Å²) in [7, 11) is 1.53. The van der Waals surface area contributed by atoms with Crippen molar-refractivity contribution in [1.82, 2.24) is 9.38 Å². The number of imidazole rings is 1. The number of carbonyl (C=O) groups is 1. The van der Waals surface area contributed by atoms with Gasteiger partial charge >= 0.3 is 0 Å². The fourth-order valence-electron chi connectivity index (χ4n) is 2.25. The molecule has 1 N–H and O–H groups in total. The average molecular weight is 316 g/mol. The van der Waals surface area contributed by atoms with Crippen molar-refractivity contribution in [3.05, 3.63) is 59.0 Å².